The van der Waals surface area contributed by atoms with Crippen LogP contribution in [0.4, 0.5) is 0 Å². The summed E-state index contributed by atoms with van der Waals surface area (Å²) in [5.74, 6) is 1.86. The van der Waals surface area contributed by atoms with Crippen LogP contribution in [0.1, 0.15) is 54.4 Å². The average Bonchev–Trinajstić information content (AvgIpc) is 2.44. The topological polar surface area (TPSA) is 26.3 Å². The summed E-state index contributed by atoms with van der Waals surface area (Å²) < 4.78 is 5.51. The highest BCUT2D eigenvalue weighted by Crippen LogP contribution is 2.41. The Hall–Kier alpha value is -0.530. The minimum absolute atomic E-state index is 0.00977. The third kappa shape index (κ3) is 3.50. The maximum Gasteiger partial charge on any atom is 0.309 e. The van der Waals surface area contributed by atoms with E-state index in [0.29, 0.717) is 17.8 Å². The number of hydrogen-bond donors (Lipinski definition) is 0. The van der Waals surface area contributed by atoms with Crippen LogP contribution in [0.3, 0.4) is 0 Å². The Morgan fingerprint density at radius 1 is 1.25 bits per heavy atom. The Balaban J connectivity index is 2.67. The predicted molar refractivity (Wildman–Crippen MR) is 66.1 cm³/mol. The van der Waals surface area contributed by atoms with E-state index in [0.717, 1.165) is 6.42 Å². The fraction of sp³-hybridized carbons (Fsp3) is 0.929. The number of ether oxygens (including phenoxy) is 1. The summed E-state index contributed by atoms with van der Waals surface area (Å²) in [4.78, 5) is 12.1. The fourth-order valence-corrected chi connectivity index (χ4v) is 2.72. The molecule has 2 heteroatoms. The summed E-state index contributed by atoms with van der Waals surface area (Å²) >= 11 is 0. The minimum atomic E-state index is -0.357. The first-order chi connectivity index (χ1) is 7.20. The molecule has 0 aliphatic heterocycles. The third-order valence-corrected chi connectivity index (χ3v) is 3.41. The summed E-state index contributed by atoms with van der Waals surface area (Å²) in [6.45, 7) is 12.5. The van der Waals surface area contributed by atoms with Gasteiger partial charge >= 0.3 is 5.97 Å². The molecule has 0 saturated heterocycles. The molecular weight excluding hydrogens is 200 g/mol. The first kappa shape index (κ1) is 13.5. The summed E-state index contributed by atoms with van der Waals surface area (Å²) in [7, 11) is 0. The smallest absolute Gasteiger partial charge is 0.309 e. The van der Waals surface area contributed by atoms with Gasteiger partial charge in [0.25, 0.3) is 0 Å². The van der Waals surface area contributed by atoms with E-state index in [9.17, 15) is 4.79 Å². The van der Waals surface area contributed by atoms with Gasteiger partial charge in [0.2, 0.25) is 0 Å². The number of esters is 1. The molecule has 0 heterocycles. The largest absolute Gasteiger partial charge is 0.460 e. The molecule has 3 atom stereocenters. The van der Waals surface area contributed by atoms with E-state index >= 15 is 0 Å². The monoisotopic (exact) mass is 226 g/mol. The fourth-order valence-electron chi connectivity index (χ4n) is 2.72. The lowest BCUT2D eigenvalue weighted by Gasteiger charge is -2.26. The highest BCUT2D eigenvalue weighted by atomic mass is 16.6. The van der Waals surface area contributed by atoms with Gasteiger partial charge in [0, 0.05) is 0 Å². The van der Waals surface area contributed by atoms with E-state index < -0.39 is 0 Å². The van der Waals surface area contributed by atoms with Crippen LogP contribution in [0.25, 0.3) is 0 Å². The molecule has 0 radical (unpaired) electrons. The van der Waals surface area contributed by atoms with Crippen LogP contribution in [-0.4, -0.2) is 11.6 Å². The van der Waals surface area contributed by atoms with Gasteiger partial charge in [0.05, 0.1) is 5.92 Å². The molecule has 0 spiro atoms. The molecule has 1 saturated carbocycles. The van der Waals surface area contributed by atoms with Gasteiger partial charge in [-0.3, -0.25) is 4.79 Å². The Kier molecular flexibility index (Phi) is 4.03. The van der Waals surface area contributed by atoms with Crippen LogP contribution in [0.15, 0.2) is 0 Å². The summed E-state index contributed by atoms with van der Waals surface area (Å²) in [5.41, 5.74) is -0.357. The van der Waals surface area contributed by atoms with Crippen molar-refractivity contribution >= 4 is 5.97 Å². The van der Waals surface area contributed by atoms with Gasteiger partial charge in [-0.2, -0.15) is 0 Å². The van der Waals surface area contributed by atoms with E-state index in [2.05, 4.69) is 20.8 Å². The molecule has 2 nitrogen and oxygen atoms in total. The van der Waals surface area contributed by atoms with E-state index in [1.54, 1.807) is 0 Å². The maximum absolute atomic E-state index is 12.1. The van der Waals surface area contributed by atoms with Crippen LogP contribution in [0.5, 0.6) is 0 Å². The van der Waals surface area contributed by atoms with Crippen molar-refractivity contribution < 1.29 is 9.53 Å². The van der Waals surface area contributed by atoms with Crippen molar-refractivity contribution in [1.29, 1.82) is 0 Å². The van der Waals surface area contributed by atoms with Gasteiger partial charge in [-0.25, -0.2) is 0 Å². The molecule has 16 heavy (non-hydrogen) atoms. The highest BCUT2D eigenvalue weighted by Gasteiger charge is 2.40. The summed E-state index contributed by atoms with van der Waals surface area (Å²) in [6, 6.07) is 0. The molecule has 1 fully saturated rings. The Bertz CT molecular complexity index is 250. The average molecular weight is 226 g/mol. The molecular formula is C14H26O2. The van der Waals surface area contributed by atoms with Crippen molar-refractivity contribution in [2.24, 2.45) is 23.7 Å². The summed E-state index contributed by atoms with van der Waals surface area (Å²) in [6.07, 6.45) is 2.17. The second-order valence-corrected chi connectivity index (χ2v) is 6.62. The molecule has 0 amide bonds. The number of hydrogen-bond acceptors (Lipinski definition) is 2. The SMILES string of the molecule is CC1CC(C(=O)OC(C)(C)C)C(C(C)C)C1. The van der Waals surface area contributed by atoms with Gasteiger partial charge in [-0.1, -0.05) is 20.8 Å². The van der Waals surface area contributed by atoms with Crippen molar-refractivity contribution in [3.63, 3.8) is 0 Å². The molecule has 0 bridgehead atoms. The van der Waals surface area contributed by atoms with Gasteiger partial charge in [-0.15, -0.1) is 0 Å². The molecule has 1 aliphatic carbocycles. The van der Waals surface area contributed by atoms with Gasteiger partial charge in [0.1, 0.15) is 5.60 Å². The maximum atomic E-state index is 12.1. The first-order valence-electron chi connectivity index (χ1n) is 6.43. The molecule has 0 N–H and O–H groups in total. The zero-order chi connectivity index (χ0) is 12.5. The van der Waals surface area contributed by atoms with Gasteiger partial charge < -0.3 is 4.74 Å². The van der Waals surface area contributed by atoms with Crippen LogP contribution >= 0.6 is 0 Å². The van der Waals surface area contributed by atoms with Crippen LogP contribution in [-0.2, 0) is 9.53 Å². The Labute approximate surface area is 99.8 Å². The van der Waals surface area contributed by atoms with Crippen molar-refractivity contribution in [2.75, 3.05) is 0 Å². The van der Waals surface area contributed by atoms with Crippen LogP contribution in [0, 0.1) is 23.7 Å². The Morgan fingerprint density at radius 3 is 2.25 bits per heavy atom. The van der Waals surface area contributed by atoms with Crippen molar-refractivity contribution in [1.82, 2.24) is 0 Å². The van der Waals surface area contributed by atoms with Gasteiger partial charge in [-0.05, 0) is 51.4 Å². The molecule has 0 aromatic heterocycles. The summed E-state index contributed by atoms with van der Waals surface area (Å²) in [5, 5.41) is 0. The molecule has 0 aromatic rings. The zero-order valence-electron chi connectivity index (χ0n) is 11.5. The number of carbonyl (C=O) groups is 1. The van der Waals surface area contributed by atoms with E-state index in [1.165, 1.54) is 6.42 Å². The molecule has 1 aliphatic rings. The van der Waals surface area contributed by atoms with Crippen molar-refractivity contribution in [3.8, 4) is 0 Å². The van der Waals surface area contributed by atoms with Gasteiger partial charge in [0.15, 0.2) is 0 Å². The van der Waals surface area contributed by atoms with Crippen LogP contribution < -0.4 is 0 Å². The number of rotatable bonds is 2. The quantitative estimate of drug-likeness (QED) is 0.672. The zero-order valence-corrected chi connectivity index (χ0v) is 11.5. The highest BCUT2D eigenvalue weighted by molar-refractivity contribution is 5.73. The second-order valence-electron chi connectivity index (χ2n) is 6.62. The Morgan fingerprint density at radius 2 is 1.81 bits per heavy atom. The predicted octanol–water partition coefficient (Wildman–Crippen LogP) is 3.65. The first-order valence-corrected chi connectivity index (χ1v) is 6.43. The third-order valence-electron chi connectivity index (χ3n) is 3.41. The number of carbonyl (C=O) groups excluding carboxylic acids is 1. The lowest BCUT2D eigenvalue weighted by Crippen LogP contribution is -2.31. The van der Waals surface area contributed by atoms with Crippen molar-refractivity contribution in [3.05, 3.63) is 0 Å². The molecule has 94 valence electrons. The van der Waals surface area contributed by atoms with Crippen molar-refractivity contribution in [2.45, 2.75) is 60.0 Å². The second kappa shape index (κ2) is 4.77. The lowest BCUT2D eigenvalue weighted by molar-refractivity contribution is -0.161. The standard InChI is InChI=1S/C14H26O2/c1-9(2)11-7-10(3)8-12(11)13(15)16-14(4,5)6/h9-12H,7-8H2,1-6H3. The van der Waals surface area contributed by atoms with E-state index in [-0.39, 0.29) is 17.5 Å². The van der Waals surface area contributed by atoms with E-state index in [1.807, 2.05) is 20.8 Å². The molecule has 0 aromatic carbocycles. The molecule has 3 unspecified atom stereocenters. The molecule has 1 rings (SSSR count). The lowest BCUT2D eigenvalue weighted by atomic mass is 9.86. The minimum Gasteiger partial charge on any atom is -0.460 e. The van der Waals surface area contributed by atoms with Crippen LogP contribution in [0.2, 0.25) is 0 Å². The van der Waals surface area contributed by atoms with E-state index in [4.69, 9.17) is 4.74 Å². The normalized spacial score (nSPS) is 30.8.